The molecule has 3 rings (SSSR count). The lowest BCUT2D eigenvalue weighted by Gasteiger charge is -2.14. The van der Waals surface area contributed by atoms with E-state index in [1.54, 1.807) is 6.92 Å². The van der Waals surface area contributed by atoms with Crippen LogP contribution in [0.15, 0.2) is 36.4 Å². The summed E-state index contributed by atoms with van der Waals surface area (Å²) in [4.78, 5) is 16.9. The van der Waals surface area contributed by atoms with Crippen LogP contribution >= 0.6 is 0 Å². The molecule has 0 aliphatic rings. The zero-order chi connectivity index (χ0) is 22.8. The number of hydrogen-bond donors (Lipinski definition) is 1. The number of halogens is 4. The van der Waals surface area contributed by atoms with Gasteiger partial charge in [0.15, 0.2) is 5.69 Å². The largest absolute Gasteiger partial charge is 0.481 e. The predicted molar refractivity (Wildman–Crippen MR) is 102 cm³/mol. The Kier molecular flexibility index (Phi) is 6.04. The summed E-state index contributed by atoms with van der Waals surface area (Å²) in [5, 5.41) is 9.01. The summed E-state index contributed by atoms with van der Waals surface area (Å²) in [6.07, 6.45) is -4.83. The van der Waals surface area contributed by atoms with Crippen molar-refractivity contribution in [2.45, 2.75) is 20.0 Å². The summed E-state index contributed by atoms with van der Waals surface area (Å²) in [6.45, 7) is 3.12. The number of aromatic nitrogens is 3. The molecule has 1 amide bonds. The molecule has 0 radical (unpaired) electrons. The molecular formula is C20H16F4N4O3. The van der Waals surface area contributed by atoms with Crippen LogP contribution in [-0.4, -0.2) is 28.2 Å². The van der Waals surface area contributed by atoms with Gasteiger partial charge in [-0.05, 0) is 49.7 Å². The molecule has 0 spiro atoms. The van der Waals surface area contributed by atoms with Gasteiger partial charge in [-0.25, -0.2) is 9.37 Å². The summed E-state index contributed by atoms with van der Waals surface area (Å²) < 4.78 is 63.2. The summed E-state index contributed by atoms with van der Waals surface area (Å²) in [7, 11) is 1.42. The molecule has 7 nitrogen and oxygen atoms in total. The first-order valence-electron chi connectivity index (χ1n) is 8.80. The van der Waals surface area contributed by atoms with Gasteiger partial charge in [-0.2, -0.15) is 13.2 Å². The number of methoxy groups -OCH3 is 1. The van der Waals surface area contributed by atoms with Gasteiger partial charge >= 0.3 is 6.18 Å². The minimum atomic E-state index is -4.83. The number of anilines is 1. The number of carbonyl (C=O) groups excluding carboxylic acids is 1. The van der Waals surface area contributed by atoms with Crippen molar-refractivity contribution < 1.29 is 31.8 Å². The number of hydrogen-bond acceptors (Lipinski definition) is 6. The topological polar surface area (TPSA) is 86.2 Å². The smallest absolute Gasteiger partial charge is 0.435 e. The number of carbonyl (C=O) groups is 1. The van der Waals surface area contributed by atoms with E-state index >= 15 is 0 Å². The van der Waals surface area contributed by atoms with Crippen LogP contribution in [0.2, 0.25) is 0 Å². The fraction of sp³-hybridized carbons (Fsp3) is 0.200. The minimum absolute atomic E-state index is 0.104. The van der Waals surface area contributed by atoms with Crippen molar-refractivity contribution in [1.29, 1.82) is 0 Å². The van der Waals surface area contributed by atoms with E-state index < -0.39 is 35.0 Å². The molecule has 0 saturated heterocycles. The Morgan fingerprint density at radius 2 is 1.81 bits per heavy atom. The van der Waals surface area contributed by atoms with E-state index in [1.807, 2.05) is 0 Å². The van der Waals surface area contributed by atoms with Crippen molar-refractivity contribution >= 4 is 11.6 Å². The number of amides is 1. The van der Waals surface area contributed by atoms with E-state index in [4.69, 9.17) is 9.47 Å². The summed E-state index contributed by atoms with van der Waals surface area (Å²) in [5.41, 5.74) is -0.905. The maximum absolute atomic E-state index is 13.3. The monoisotopic (exact) mass is 436 g/mol. The van der Waals surface area contributed by atoms with E-state index in [1.165, 1.54) is 38.3 Å². The second-order valence-electron chi connectivity index (χ2n) is 6.40. The molecule has 1 N–H and O–H groups in total. The van der Waals surface area contributed by atoms with E-state index in [2.05, 4.69) is 20.5 Å². The standard InChI is InChI=1S/C20H16F4N4O3/c1-10-8-12(21)4-6-15(10)31-19-13(9-16(27-28-19)20(22,23)24)18(29)26-14-5-7-17(30-3)25-11(14)2/h4-9H,1-3H3,(H,26,29). The van der Waals surface area contributed by atoms with Crippen LogP contribution in [0, 0.1) is 19.7 Å². The summed E-state index contributed by atoms with van der Waals surface area (Å²) >= 11 is 0. The van der Waals surface area contributed by atoms with Gasteiger partial charge in [0.1, 0.15) is 17.1 Å². The van der Waals surface area contributed by atoms with Gasteiger partial charge < -0.3 is 14.8 Å². The van der Waals surface area contributed by atoms with Gasteiger partial charge in [0.25, 0.3) is 11.8 Å². The average Bonchev–Trinajstić information content (AvgIpc) is 2.70. The van der Waals surface area contributed by atoms with Crippen LogP contribution in [0.25, 0.3) is 0 Å². The molecule has 162 valence electrons. The quantitative estimate of drug-likeness (QED) is 0.584. The first kappa shape index (κ1) is 21.9. The summed E-state index contributed by atoms with van der Waals surface area (Å²) in [5.74, 6) is -1.52. The molecule has 31 heavy (non-hydrogen) atoms. The van der Waals surface area contributed by atoms with Crippen LogP contribution in [0.5, 0.6) is 17.5 Å². The van der Waals surface area contributed by atoms with Crippen LogP contribution in [-0.2, 0) is 6.18 Å². The van der Waals surface area contributed by atoms with E-state index in [0.29, 0.717) is 23.2 Å². The maximum atomic E-state index is 13.3. The number of rotatable bonds is 5. The van der Waals surface area contributed by atoms with Crippen LogP contribution in [0.3, 0.4) is 0 Å². The second kappa shape index (κ2) is 8.54. The third-order valence-corrected chi connectivity index (χ3v) is 4.16. The molecule has 1 aromatic carbocycles. The molecule has 3 aromatic rings. The molecule has 2 aromatic heterocycles. The number of pyridine rings is 1. The highest BCUT2D eigenvalue weighted by atomic mass is 19.4. The lowest BCUT2D eigenvalue weighted by Crippen LogP contribution is -2.18. The van der Waals surface area contributed by atoms with Crippen molar-refractivity contribution in [1.82, 2.24) is 15.2 Å². The van der Waals surface area contributed by atoms with E-state index in [9.17, 15) is 22.4 Å². The van der Waals surface area contributed by atoms with Crippen LogP contribution < -0.4 is 14.8 Å². The zero-order valence-corrected chi connectivity index (χ0v) is 16.5. The van der Waals surface area contributed by atoms with Crippen LogP contribution in [0.4, 0.5) is 23.2 Å². The van der Waals surface area contributed by atoms with Gasteiger partial charge in [-0.3, -0.25) is 4.79 Å². The lowest BCUT2D eigenvalue weighted by atomic mass is 10.2. The average molecular weight is 436 g/mol. The first-order chi connectivity index (χ1) is 14.6. The summed E-state index contributed by atoms with van der Waals surface area (Å²) in [6, 6.07) is 7.04. The third-order valence-electron chi connectivity index (χ3n) is 4.16. The van der Waals surface area contributed by atoms with Crippen molar-refractivity contribution in [2.24, 2.45) is 0 Å². The van der Waals surface area contributed by atoms with Gasteiger partial charge in [-0.1, -0.05) is 0 Å². The Morgan fingerprint density at radius 1 is 1.06 bits per heavy atom. The first-order valence-corrected chi connectivity index (χ1v) is 8.80. The molecule has 0 atom stereocenters. The Morgan fingerprint density at radius 3 is 2.42 bits per heavy atom. The lowest BCUT2D eigenvalue weighted by molar-refractivity contribution is -0.141. The van der Waals surface area contributed by atoms with Gasteiger partial charge in [0, 0.05) is 6.07 Å². The normalized spacial score (nSPS) is 11.2. The minimum Gasteiger partial charge on any atom is -0.481 e. The number of alkyl halides is 3. The fourth-order valence-corrected chi connectivity index (χ4v) is 2.56. The zero-order valence-electron chi connectivity index (χ0n) is 16.5. The Balaban J connectivity index is 2.00. The predicted octanol–water partition coefficient (Wildman–Crippen LogP) is 4.70. The number of nitrogens with one attached hydrogen (secondary N) is 1. The molecule has 0 saturated carbocycles. The Hall–Kier alpha value is -3.76. The molecule has 0 aliphatic carbocycles. The molecule has 2 heterocycles. The maximum Gasteiger partial charge on any atom is 0.435 e. The number of nitrogens with zero attached hydrogens (tertiary/aromatic N) is 3. The van der Waals surface area contributed by atoms with Gasteiger partial charge in [-0.15, -0.1) is 10.2 Å². The van der Waals surface area contributed by atoms with Gasteiger partial charge in [0.05, 0.1) is 18.5 Å². The third kappa shape index (κ3) is 5.05. The number of aryl methyl sites for hydroxylation is 2. The Bertz CT molecular complexity index is 1140. The molecule has 11 heteroatoms. The molecule has 0 unspecified atom stereocenters. The highest BCUT2D eigenvalue weighted by Gasteiger charge is 2.35. The number of benzene rings is 1. The fourth-order valence-electron chi connectivity index (χ4n) is 2.56. The SMILES string of the molecule is COc1ccc(NC(=O)c2cc(C(F)(F)F)nnc2Oc2ccc(F)cc2C)c(C)n1. The second-order valence-corrected chi connectivity index (χ2v) is 6.40. The van der Waals surface area contributed by atoms with Crippen molar-refractivity contribution in [2.75, 3.05) is 12.4 Å². The van der Waals surface area contributed by atoms with Gasteiger partial charge in [0.2, 0.25) is 5.88 Å². The van der Waals surface area contributed by atoms with Crippen LogP contribution in [0.1, 0.15) is 27.3 Å². The van der Waals surface area contributed by atoms with Crippen molar-refractivity contribution in [3.05, 3.63) is 64.7 Å². The van der Waals surface area contributed by atoms with E-state index in [-0.39, 0.29) is 11.4 Å². The number of ether oxygens (including phenoxy) is 2. The highest BCUT2D eigenvalue weighted by molar-refractivity contribution is 6.06. The molecule has 0 aliphatic heterocycles. The highest BCUT2D eigenvalue weighted by Crippen LogP contribution is 2.32. The molecule has 0 fully saturated rings. The van der Waals surface area contributed by atoms with Crippen molar-refractivity contribution in [3.8, 4) is 17.5 Å². The Labute approximate surface area is 174 Å². The van der Waals surface area contributed by atoms with Crippen molar-refractivity contribution in [3.63, 3.8) is 0 Å². The molecule has 0 bridgehead atoms. The molecular weight excluding hydrogens is 420 g/mol. The van der Waals surface area contributed by atoms with E-state index in [0.717, 1.165) is 6.07 Å².